The number of nitrogens with two attached hydrogens (primary N) is 1. The molecule has 0 aliphatic carbocycles. The van der Waals surface area contributed by atoms with Gasteiger partial charge in [0.1, 0.15) is 5.75 Å². The fraction of sp³-hybridized carbons (Fsp3) is 0.417. The molecule has 2 rings (SSSR count). The van der Waals surface area contributed by atoms with Crippen molar-refractivity contribution in [2.75, 3.05) is 25.9 Å². The second-order valence-corrected chi connectivity index (χ2v) is 4.61. The van der Waals surface area contributed by atoms with Crippen molar-refractivity contribution in [1.82, 2.24) is 4.90 Å². The second-order valence-electron chi connectivity index (χ2n) is 4.61. The average molecular weight is 236 g/mol. The molecule has 1 heterocycles. The standard InChI is InChI=1S/C12H16N2O3/c1-12(16)6-14(7-12)11(15)9-4-3-8(17-2)5-10(9)13/h3-5,16H,6-7,13H2,1-2H3. The van der Waals surface area contributed by atoms with E-state index in [4.69, 9.17) is 10.5 Å². The third kappa shape index (κ3) is 2.19. The number of aliphatic hydroxyl groups is 1. The number of β-amino-alcohol motifs (C(OH)–C–C–N with tert-alkyl or cyclic N) is 1. The maximum atomic E-state index is 12.0. The zero-order valence-corrected chi connectivity index (χ0v) is 9.93. The van der Waals surface area contributed by atoms with Crippen molar-refractivity contribution >= 4 is 11.6 Å². The summed E-state index contributed by atoms with van der Waals surface area (Å²) >= 11 is 0. The number of carbonyl (C=O) groups excluding carboxylic acids is 1. The summed E-state index contributed by atoms with van der Waals surface area (Å²) in [5, 5.41) is 9.59. The average Bonchev–Trinajstić information content (AvgIpc) is 2.24. The molecule has 0 spiro atoms. The predicted octanol–water partition coefficient (Wildman–Crippen LogP) is 0.484. The van der Waals surface area contributed by atoms with Gasteiger partial charge in [0.2, 0.25) is 0 Å². The van der Waals surface area contributed by atoms with Gasteiger partial charge < -0.3 is 20.5 Å². The van der Waals surface area contributed by atoms with E-state index < -0.39 is 5.60 Å². The smallest absolute Gasteiger partial charge is 0.256 e. The van der Waals surface area contributed by atoms with E-state index in [1.54, 1.807) is 37.1 Å². The van der Waals surface area contributed by atoms with Gasteiger partial charge in [0.15, 0.2) is 0 Å². The van der Waals surface area contributed by atoms with Gasteiger partial charge in [-0.1, -0.05) is 0 Å². The van der Waals surface area contributed by atoms with Gasteiger partial charge in [-0.3, -0.25) is 4.79 Å². The van der Waals surface area contributed by atoms with E-state index in [0.717, 1.165) is 0 Å². The highest BCUT2D eigenvalue weighted by molar-refractivity contribution is 6.00. The Bertz CT molecular complexity index is 449. The molecule has 0 radical (unpaired) electrons. The van der Waals surface area contributed by atoms with Gasteiger partial charge >= 0.3 is 0 Å². The SMILES string of the molecule is COc1ccc(C(=O)N2CC(C)(O)C2)c(N)c1. The highest BCUT2D eigenvalue weighted by Crippen LogP contribution is 2.26. The highest BCUT2D eigenvalue weighted by atomic mass is 16.5. The lowest BCUT2D eigenvalue weighted by atomic mass is 9.95. The number of methoxy groups -OCH3 is 1. The minimum atomic E-state index is -0.767. The van der Waals surface area contributed by atoms with Gasteiger partial charge in [0.25, 0.3) is 5.91 Å². The molecule has 0 aromatic heterocycles. The van der Waals surface area contributed by atoms with Crippen LogP contribution in [0.1, 0.15) is 17.3 Å². The molecule has 92 valence electrons. The molecule has 1 aromatic carbocycles. The van der Waals surface area contributed by atoms with E-state index in [-0.39, 0.29) is 5.91 Å². The van der Waals surface area contributed by atoms with E-state index in [1.807, 2.05) is 0 Å². The largest absolute Gasteiger partial charge is 0.497 e. The maximum absolute atomic E-state index is 12.0. The van der Waals surface area contributed by atoms with Gasteiger partial charge in [-0.15, -0.1) is 0 Å². The fourth-order valence-electron chi connectivity index (χ4n) is 1.95. The summed E-state index contributed by atoms with van der Waals surface area (Å²) < 4.78 is 5.02. The molecule has 17 heavy (non-hydrogen) atoms. The van der Waals surface area contributed by atoms with Crippen LogP contribution in [0.2, 0.25) is 0 Å². The van der Waals surface area contributed by atoms with Gasteiger partial charge in [0.05, 0.1) is 31.4 Å². The summed E-state index contributed by atoms with van der Waals surface area (Å²) in [7, 11) is 1.54. The maximum Gasteiger partial charge on any atom is 0.256 e. The van der Waals surface area contributed by atoms with E-state index in [9.17, 15) is 9.90 Å². The zero-order chi connectivity index (χ0) is 12.6. The van der Waals surface area contributed by atoms with Crippen LogP contribution in [0.4, 0.5) is 5.69 Å². The quantitative estimate of drug-likeness (QED) is 0.732. The first-order chi connectivity index (χ1) is 7.93. The van der Waals surface area contributed by atoms with Crippen LogP contribution in [0, 0.1) is 0 Å². The van der Waals surface area contributed by atoms with E-state index in [1.165, 1.54) is 0 Å². The summed E-state index contributed by atoms with van der Waals surface area (Å²) in [4.78, 5) is 13.6. The molecule has 5 nitrogen and oxygen atoms in total. The van der Waals surface area contributed by atoms with Crippen molar-refractivity contribution in [2.45, 2.75) is 12.5 Å². The number of hydrogen-bond acceptors (Lipinski definition) is 4. The number of ether oxygens (including phenoxy) is 1. The van der Waals surface area contributed by atoms with Crippen LogP contribution in [0.5, 0.6) is 5.75 Å². The van der Waals surface area contributed by atoms with Crippen LogP contribution < -0.4 is 10.5 Å². The second kappa shape index (κ2) is 3.92. The summed E-state index contributed by atoms with van der Waals surface area (Å²) in [5.74, 6) is 0.464. The molecule has 0 saturated carbocycles. The van der Waals surface area contributed by atoms with Crippen molar-refractivity contribution < 1.29 is 14.6 Å². The van der Waals surface area contributed by atoms with Crippen LogP contribution in [-0.4, -0.2) is 41.7 Å². The Morgan fingerprint density at radius 3 is 2.65 bits per heavy atom. The number of benzene rings is 1. The van der Waals surface area contributed by atoms with E-state index in [2.05, 4.69) is 0 Å². The van der Waals surface area contributed by atoms with E-state index >= 15 is 0 Å². The molecule has 1 aliphatic rings. The number of nitrogens with zero attached hydrogens (tertiary/aromatic N) is 1. The summed E-state index contributed by atoms with van der Waals surface area (Å²) in [6.07, 6.45) is 0. The molecule has 1 fully saturated rings. The number of nitrogen functional groups attached to an aromatic ring is 1. The van der Waals surface area contributed by atoms with Crippen LogP contribution in [0.3, 0.4) is 0 Å². The molecule has 0 atom stereocenters. The molecule has 1 saturated heterocycles. The van der Waals surface area contributed by atoms with Gasteiger partial charge in [0, 0.05) is 11.8 Å². The minimum absolute atomic E-state index is 0.156. The Morgan fingerprint density at radius 2 is 2.18 bits per heavy atom. The van der Waals surface area contributed by atoms with Crippen molar-refractivity contribution in [3.63, 3.8) is 0 Å². The first-order valence-electron chi connectivity index (χ1n) is 5.38. The third-order valence-corrected chi connectivity index (χ3v) is 2.84. The van der Waals surface area contributed by atoms with Gasteiger partial charge in [-0.05, 0) is 19.1 Å². The summed E-state index contributed by atoms with van der Waals surface area (Å²) in [5.41, 5.74) is 5.86. The topological polar surface area (TPSA) is 75.8 Å². The number of amides is 1. The Morgan fingerprint density at radius 1 is 1.53 bits per heavy atom. The monoisotopic (exact) mass is 236 g/mol. The van der Waals surface area contributed by atoms with Crippen molar-refractivity contribution in [3.8, 4) is 5.75 Å². The Hall–Kier alpha value is -1.75. The molecule has 1 amide bonds. The van der Waals surface area contributed by atoms with Crippen LogP contribution in [0.25, 0.3) is 0 Å². The van der Waals surface area contributed by atoms with Crippen LogP contribution >= 0.6 is 0 Å². The lowest BCUT2D eigenvalue weighted by Crippen LogP contribution is -2.61. The van der Waals surface area contributed by atoms with Gasteiger partial charge in [-0.2, -0.15) is 0 Å². The molecule has 3 N–H and O–H groups in total. The normalized spacial score (nSPS) is 17.5. The zero-order valence-electron chi connectivity index (χ0n) is 9.93. The Labute approximate surface area is 99.8 Å². The van der Waals surface area contributed by atoms with Crippen molar-refractivity contribution in [1.29, 1.82) is 0 Å². The van der Waals surface area contributed by atoms with Crippen molar-refractivity contribution in [3.05, 3.63) is 23.8 Å². The highest BCUT2D eigenvalue weighted by Gasteiger charge is 2.40. The molecule has 1 aliphatic heterocycles. The molecular formula is C12H16N2O3. The number of rotatable bonds is 2. The molecule has 0 bridgehead atoms. The van der Waals surface area contributed by atoms with Crippen LogP contribution in [-0.2, 0) is 0 Å². The molecule has 0 unspecified atom stereocenters. The molecule has 5 heteroatoms. The Kier molecular flexibility index (Phi) is 2.71. The van der Waals surface area contributed by atoms with Crippen molar-refractivity contribution in [2.24, 2.45) is 0 Å². The molecule has 1 aromatic rings. The van der Waals surface area contributed by atoms with Crippen LogP contribution in [0.15, 0.2) is 18.2 Å². The number of anilines is 1. The summed E-state index contributed by atoms with van der Waals surface area (Å²) in [6.45, 7) is 2.39. The molecular weight excluding hydrogens is 220 g/mol. The predicted molar refractivity (Wildman–Crippen MR) is 63.9 cm³/mol. The third-order valence-electron chi connectivity index (χ3n) is 2.84. The summed E-state index contributed by atoms with van der Waals surface area (Å²) in [6, 6.07) is 4.95. The minimum Gasteiger partial charge on any atom is -0.497 e. The first-order valence-corrected chi connectivity index (χ1v) is 5.38. The number of likely N-dealkylation sites (tertiary alicyclic amines) is 1. The lowest BCUT2D eigenvalue weighted by Gasteiger charge is -2.44. The lowest BCUT2D eigenvalue weighted by molar-refractivity contribution is -0.0668. The first kappa shape index (κ1) is 11.7. The van der Waals surface area contributed by atoms with Gasteiger partial charge in [-0.25, -0.2) is 0 Å². The Balaban J connectivity index is 2.15. The number of carbonyl (C=O) groups is 1. The fourth-order valence-corrected chi connectivity index (χ4v) is 1.95. The van der Waals surface area contributed by atoms with E-state index in [0.29, 0.717) is 30.1 Å². The number of hydrogen-bond donors (Lipinski definition) is 2.